The highest BCUT2D eigenvalue weighted by atomic mass is 19.1. The number of aliphatic imine (C=N–C) groups is 1. The molecule has 4 nitrogen and oxygen atoms in total. The molecule has 138 valence electrons. The van der Waals surface area contributed by atoms with Gasteiger partial charge in [0.15, 0.2) is 5.96 Å². The van der Waals surface area contributed by atoms with Gasteiger partial charge in [-0.15, -0.1) is 0 Å². The van der Waals surface area contributed by atoms with Crippen LogP contribution < -0.4 is 10.6 Å². The minimum Gasteiger partial charge on any atom is -0.356 e. The number of benzene rings is 1. The Morgan fingerprint density at radius 2 is 2.04 bits per heavy atom. The first-order valence-electron chi connectivity index (χ1n) is 9.61. The molecule has 1 saturated heterocycles. The van der Waals surface area contributed by atoms with Crippen LogP contribution in [0.1, 0.15) is 44.6 Å². The molecule has 0 bridgehead atoms. The normalized spacial score (nSPS) is 21.2. The molecule has 3 rings (SSSR count). The van der Waals surface area contributed by atoms with Crippen molar-refractivity contribution in [3.8, 4) is 0 Å². The SMILES string of the molecule is CCC(CNC(=NC)NCC1(c2cccc(F)c2)CC1)N1CCCC1. The second-order valence-electron chi connectivity index (χ2n) is 7.40. The summed E-state index contributed by atoms with van der Waals surface area (Å²) in [5.41, 5.74) is 1.16. The number of rotatable bonds is 7. The third-order valence-corrected chi connectivity index (χ3v) is 5.74. The molecule has 1 saturated carbocycles. The summed E-state index contributed by atoms with van der Waals surface area (Å²) in [4.78, 5) is 6.94. The van der Waals surface area contributed by atoms with Gasteiger partial charge in [-0.1, -0.05) is 19.1 Å². The molecule has 1 unspecified atom stereocenters. The average molecular weight is 346 g/mol. The lowest BCUT2D eigenvalue weighted by Crippen LogP contribution is -2.47. The lowest BCUT2D eigenvalue weighted by atomic mass is 9.96. The first kappa shape index (κ1) is 18.2. The molecular formula is C20H31FN4. The highest BCUT2D eigenvalue weighted by Crippen LogP contribution is 2.47. The Kier molecular flexibility index (Phi) is 5.94. The van der Waals surface area contributed by atoms with Gasteiger partial charge in [0.1, 0.15) is 5.82 Å². The summed E-state index contributed by atoms with van der Waals surface area (Å²) < 4.78 is 13.5. The molecule has 1 heterocycles. The maximum Gasteiger partial charge on any atom is 0.191 e. The van der Waals surface area contributed by atoms with Gasteiger partial charge in [-0.05, 0) is 62.9 Å². The summed E-state index contributed by atoms with van der Waals surface area (Å²) in [5, 5.41) is 6.94. The van der Waals surface area contributed by atoms with E-state index in [9.17, 15) is 4.39 Å². The van der Waals surface area contributed by atoms with Gasteiger partial charge >= 0.3 is 0 Å². The number of nitrogens with one attached hydrogen (secondary N) is 2. The van der Waals surface area contributed by atoms with E-state index in [-0.39, 0.29) is 11.2 Å². The van der Waals surface area contributed by atoms with Crippen LogP contribution in [0.25, 0.3) is 0 Å². The Balaban J connectivity index is 1.51. The lowest BCUT2D eigenvalue weighted by Gasteiger charge is -2.27. The van der Waals surface area contributed by atoms with Crippen LogP contribution in [-0.4, -0.2) is 50.1 Å². The Hall–Kier alpha value is -1.62. The van der Waals surface area contributed by atoms with Crippen LogP contribution in [-0.2, 0) is 5.41 Å². The molecule has 0 aromatic heterocycles. The zero-order valence-electron chi connectivity index (χ0n) is 15.5. The number of hydrogen-bond acceptors (Lipinski definition) is 2. The van der Waals surface area contributed by atoms with Gasteiger partial charge in [-0.25, -0.2) is 4.39 Å². The zero-order chi connectivity index (χ0) is 17.7. The first-order valence-corrected chi connectivity index (χ1v) is 9.61. The van der Waals surface area contributed by atoms with E-state index in [4.69, 9.17) is 0 Å². The molecule has 0 spiro atoms. The molecule has 0 radical (unpaired) electrons. The van der Waals surface area contributed by atoms with Crippen LogP contribution in [0, 0.1) is 5.82 Å². The van der Waals surface area contributed by atoms with Crippen LogP contribution >= 0.6 is 0 Å². The summed E-state index contributed by atoms with van der Waals surface area (Å²) in [5.74, 6) is 0.697. The van der Waals surface area contributed by atoms with Gasteiger partial charge in [0.05, 0.1) is 0 Å². The standard InChI is InChI=1S/C20H31FN4/c1-3-18(25-11-4-5-12-25)14-23-19(22-2)24-15-20(9-10-20)16-7-6-8-17(21)13-16/h6-8,13,18H,3-5,9-12,14-15H2,1-2H3,(H2,22,23,24). The summed E-state index contributed by atoms with van der Waals surface area (Å²) in [7, 11) is 1.81. The topological polar surface area (TPSA) is 39.7 Å². The highest BCUT2D eigenvalue weighted by Gasteiger charge is 2.44. The Morgan fingerprint density at radius 1 is 1.28 bits per heavy atom. The van der Waals surface area contributed by atoms with E-state index in [1.165, 1.54) is 32.0 Å². The molecule has 2 N–H and O–H groups in total. The molecule has 1 aliphatic heterocycles. The van der Waals surface area contributed by atoms with Crippen molar-refractivity contribution in [2.24, 2.45) is 4.99 Å². The second kappa shape index (κ2) is 8.17. The van der Waals surface area contributed by atoms with Gasteiger partial charge in [0.25, 0.3) is 0 Å². The predicted octanol–water partition coefficient (Wildman–Crippen LogP) is 2.90. The fourth-order valence-corrected chi connectivity index (χ4v) is 3.86. The van der Waals surface area contributed by atoms with Gasteiger partial charge in [-0.3, -0.25) is 9.89 Å². The quantitative estimate of drug-likeness (QED) is 0.589. The fraction of sp³-hybridized carbons (Fsp3) is 0.650. The fourth-order valence-electron chi connectivity index (χ4n) is 3.86. The van der Waals surface area contributed by atoms with Gasteiger partial charge in [-0.2, -0.15) is 0 Å². The van der Waals surface area contributed by atoms with Crippen molar-refractivity contribution in [3.63, 3.8) is 0 Å². The summed E-state index contributed by atoms with van der Waals surface area (Å²) in [6.07, 6.45) is 5.99. The van der Waals surface area contributed by atoms with Gasteiger partial charge in [0.2, 0.25) is 0 Å². The van der Waals surface area contributed by atoms with E-state index in [0.29, 0.717) is 6.04 Å². The third kappa shape index (κ3) is 4.51. The summed E-state index contributed by atoms with van der Waals surface area (Å²) >= 11 is 0. The monoisotopic (exact) mass is 346 g/mol. The minimum absolute atomic E-state index is 0.0683. The Bertz CT molecular complexity index is 591. The largest absolute Gasteiger partial charge is 0.356 e. The lowest BCUT2D eigenvalue weighted by molar-refractivity contribution is 0.236. The van der Waals surface area contributed by atoms with Crippen LogP contribution in [0.4, 0.5) is 4.39 Å². The Morgan fingerprint density at radius 3 is 2.64 bits per heavy atom. The maximum atomic E-state index is 13.5. The molecule has 0 amide bonds. The van der Waals surface area contributed by atoms with Gasteiger partial charge < -0.3 is 10.6 Å². The van der Waals surface area contributed by atoms with E-state index in [1.54, 1.807) is 12.1 Å². The van der Waals surface area contributed by atoms with Gasteiger partial charge in [0, 0.05) is 31.6 Å². The molecule has 1 aliphatic carbocycles. The molecule has 2 fully saturated rings. The van der Waals surface area contributed by atoms with E-state index in [1.807, 2.05) is 13.1 Å². The molecule has 1 aromatic rings. The Labute approximate surface area is 150 Å². The average Bonchev–Trinajstić information content (AvgIpc) is 3.23. The van der Waals surface area contributed by atoms with E-state index in [2.05, 4.69) is 27.4 Å². The van der Waals surface area contributed by atoms with Crippen LogP contribution in [0.2, 0.25) is 0 Å². The van der Waals surface area contributed by atoms with E-state index in [0.717, 1.165) is 43.9 Å². The number of hydrogen-bond donors (Lipinski definition) is 2. The number of likely N-dealkylation sites (tertiary alicyclic amines) is 1. The predicted molar refractivity (Wildman–Crippen MR) is 102 cm³/mol. The van der Waals surface area contributed by atoms with Crippen molar-refractivity contribution in [2.45, 2.75) is 50.5 Å². The molecule has 25 heavy (non-hydrogen) atoms. The number of halogens is 1. The van der Waals surface area contributed by atoms with Crippen molar-refractivity contribution in [1.82, 2.24) is 15.5 Å². The zero-order valence-corrected chi connectivity index (χ0v) is 15.5. The smallest absolute Gasteiger partial charge is 0.191 e. The van der Waals surface area contributed by atoms with Crippen molar-refractivity contribution >= 4 is 5.96 Å². The molecular weight excluding hydrogens is 315 g/mol. The molecule has 5 heteroatoms. The van der Waals surface area contributed by atoms with Crippen molar-refractivity contribution in [1.29, 1.82) is 0 Å². The molecule has 1 atom stereocenters. The third-order valence-electron chi connectivity index (χ3n) is 5.74. The van der Waals surface area contributed by atoms with Crippen molar-refractivity contribution in [2.75, 3.05) is 33.2 Å². The first-order chi connectivity index (χ1) is 12.2. The van der Waals surface area contributed by atoms with Crippen molar-refractivity contribution < 1.29 is 4.39 Å². The highest BCUT2D eigenvalue weighted by molar-refractivity contribution is 5.79. The summed E-state index contributed by atoms with van der Waals surface area (Å²) in [6, 6.07) is 7.59. The molecule has 2 aliphatic rings. The van der Waals surface area contributed by atoms with Crippen LogP contribution in [0.5, 0.6) is 0 Å². The van der Waals surface area contributed by atoms with Crippen molar-refractivity contribution in [3.05, 3.63) is 35.6 Å². The van der Waals surface area contributed by atoms with E-state index >= 15 is 0 Å². The number of nitrogens with zero attached hydrogens (tertiary/aromatic N) is 2. The minimum atomic E-state index is -0.150. The van der Waals surface area contributed by atoms with E-state index < -0.39 is 0 Å². The summed E-state index contributed by atoms with van der Waals surface area (Å²) in [6.45, 7) is 6.41. The second-order valence-corrected chi connectivity index (χ2v) is 7.40. The number of guanidine groups is 1. The maximum absolute atomic E-state index is 13.5. The van der Waals surface area contributed by atoms with Crippen LogP contribution in [0.15, 0.2) is 29.3 Å². The molecule has 1 aromatic carbocycles. The van der Waals surface area contributed by atoms with Crippen LogP contribution in [0.3, 0.4) is 0 Å².